The number of nitrogens with one attached hydrogen (secondary N) is 1. The molecule has 7 nitrogen and oxygen atoms in total. The zero-order valence-electron chi connectivity index (χ0n) is 25.6. The lowest BCUT2D eigenvalue weighted by Gasteiger charge is -2.34. The van der Waals surface area contributed by atoms with Gasteiger partial charge in [-0.15, -0.1) is 6.42 Å². The third kappa shape index (κ3) is 5.83. The number of aromatic nitrogens is 2. The average molecular weight is 612 g/mol. The molecule has 0 amide bonds. The van der Waals surface area contributed by atoms with Gasteiger partial charge in [0.05, 0.1) is 25.4 Å². The van der Waals surface area contributed by atoms with Gasteiger partial charge >= 0.3 is 6.01 Å². The van der Waals surface area contributed by atoms with Gasteiger partial charge in [-0.1, -0.05) is 42.3 Å². The van der Waals surface area contributed by atoms with Crippen LogP contribution in [0.15, 0.2) is 48.6 Å². The molecule has 4 unspecified atom stereocenters. The maximum Gasteiger partial charge on any atom is 0.319 e. The fourth-order valence-corrected chi connectivity index (χ4v) is 7.51. The summed E-state index contributed by atoms with van der Waals surface area (Å²) in [5.41, 5.74) is 1.32. The number of fused-ring (bicyclic) bond motifs is 5. The van der Waals surface area contributed by atoms with Crippen molar-refractivity contribution in [1.82, 2.24) is 20.2 Å². The number of allylic oxidation sites excluding steroid dienone is 3. The van der Waals surface area contributed by atoms with Crippen LogP contribution in [0.5, 0.6) is 6.01 Å². The zero-order chi connectivity index (χ0) is 30.9. The van der Waals surface area contributed by atoms with E-state index in [2.05, 4.69) is 26.0 Å². The molecule has 9 heteroatoms. The molecule has 0 radical (unpaired) electrons. The summed E-state index contributed by atoms with van der Waals surface area (Å²) >= 11 is 0. The van der Waals surface area contributed by atoms with Crippen LogP contribution >= 0.6 is 0 Å². The Hall–Kier alpha value is -3.84. The van der Waals surface area contributed by atoms with Gasteiger partial charge in [-0.25, -0.2) is 8.78 Å². The summed E-state index contributed by atoms with van der Waals surface area (Å²) in [5, 5.41) is 3.96. The van der Waals surface area contributed by atoms with Gasteiger partial charge < -0.3 is 19.7 Å². The molecule has 1 aromatic heterocycles. The molecule has 4 aliphatic rings. The highest BCUT2D eigenvalue weighted by molar-refractivity contribution is 5.95. The Labute approximate surface area is 263 Å². The van der Waals surface area contributed by atoms with E-state index in [1.807, 2.05) is 25.1 Å². The number of terminal acetylenes is 1. The molecule has 4 saturated heterocycles. The van der Waals surface area contributed by atoms with Gasteiger partial charge in [-0.3, -0.25) is 4.90 Å². The normalized spacial score (nSPS) is 24.9. The molecule has 4 bridgehead atoms. The van der Waals surface area contributed by atoms with E-state index in [0.717, 1.165) is 39.0 Å². The van der Waals surface area contributed by atoms with Crippen molar-refractivity contribution in [3.05, 3.63) is 76.9 Å². The summed E-state index contributed by atoms with van der Waals surface area (Å²) in [4.78, 5) is 14.0. The number of hydrogen-bond donors (Lipinski definition) is 1. The van der Waals surface area contributed by atoms with E-state index in [0.29, 0.717) is 71.8 Å². The van der Waals surface area contributed by atoms with Crippen LogP contribution in [0.4, 0.5) is 14.6 Å². The van der Waals surface area contributed by atoms with Gasteiger partial charge in [0, 0.05) is 54.8 Å². The standard InChI is InChI=1S/C36H39F2N5O2/c1-3-5-10-29(28-11-7-6-9-23(28)4-2)32-31(37)18-30-34(33(32)38)40-36(41-35(30)42-19-24-12-13-25(20-42)39-24)45-17-8-16-43-26-14-15-27(43)22-44-21-26/h2-3,5-7,9-11,18,24-27,39H,8,12-17,19-22H2,1H3/b5-3-,29-10+. The Kier molecular flexibility index (Phi) is 8.54. The van der Waals surface area contributed by atoms with E-state index in [-0.39, 0.29) is 17.1 Å². The van der Waals surface area contributed by atoms with E-state index >= 15 is 8.78 Å². The van der Waals surface area contributed by atoms with Crippen molar-refractivity contribution >= 4 is 22.3 Å². The highest BCUT2D eigenvalue weighted by Gasteiger charge is 2.37. The number of morpholine rings is 1. The number of piperazine rings is 1. The number of ether oxygens (including phenoxy) is 2. The Morgan fingerprint density at radius 1 is 1.11 bits per heavy atom. The molecule has 5 heterocycles. The molecule has 45 heavy (non-hydrogen) atoms. The van der Waals surface area contributed by atoms with E-state index in [9.17, 15) is 0 Å². The topological polar surface area (TPSA) is 62.8 Å². The van der Waals surface area contributed by atoms with Crippen molar-refractivity contribution in [3.8, 4) is 18.4 Å². The number of hydrogen-bond acceptors (Lipinski definition) is 7. The van der Waals surface area contributed by atoms with Crippen molar-refractivity contribution < 1.29 is 18.3 Å². The predicted molar refractivity (Wildman–Crippen MR) is 172 cm³/mol. The summed E-state index contributed by atoms with van der Waals surface area (Å²) < 4.78 is 44.8. The lowest BCUT2D eigenvalue weighted by Crippen LogP contribution is -2.51. The number of nitrogens with zero attached hydrogens (tertiary/aromatic N) is 4. The largest absolute Gasteiger partial charge is 0.463 e. The van der Waals surface area contributed by atoms with Crippen molar-refractivity contribution in [1.29, 1.82) is 0 Å². The summed E-state index contributed by atoms with van der Waals surface area (Å²) in [6.45, 7) is 6.13. The molecule has 7 rings (SSSR count). The highest BCUT2D eigenvalue weighted by atomic mass is 19.1. The first-order valence-electron chi connectivity index (χ1n) is 16.1. The van der Waals surface area contributed by atoms with E-state index in [4.69, 9.17) is 20.9 Å². The molecule has 1 N–H and O–H groups in total. The van der Waals surface area contributed by atoms with Gasteiger partial charge in [0.15, 0.2) is 5.82 Å². The maximum atomic E-state index is 16.8. The molecule has 2 aromatic carbocycles. The van der Waals surface area contributed by atoms with E-state index in [1.54, 1.807) is 24.3 Å². The fraction of sp³-hybridized carbons (Fsp3) is 0.444. The number of benzene rings is 2. The first-order chi connectivity index (χ1) is 22.0. The SMILES string of the molecule is C#Cc1ccccc1/C(=C\C=C/C)c1c(F)cc2c(N3CC4CCC(C3)N4)nc(OCCCN3C4CCC3COC4)nc2c1F. The lowest BCUT2D eigenvalue weighted by molar-refractivity contribution is -0.0161. The Morgan fingerprint density at radius 3 is 2.60 bits per heavy atom. The van der Waals surface area contributed by atoms with Crippen LogP contribution in [0.2, 0.25) is 0 Å². The second-order valence-electron chi connectivity index (χ2n) is 12.5. The molecule has 0 spiro atoms. The fourth-order valence-electron chi connectivity index (χ4n) is 7.51. The third-order valence-electron chi connectivity index (χ3n) is 9.64. The first-order valence-corrected chi connectivity index (χ1v) is 16.1. The minimum atomic E-state index is -0.760. The second kappa shape index (κ2) is 12.9. The monoisotopic (exact) mass is 611 g/mol. The van der Waals surface area contributed by atoms with Crippen LogP contribution in [0.1, 0.15) is 55.7 Å². The lowest BCUT2D eigenvalue weighted by atomic mass is 9.92. The maximum absolute atomic E-state index is 16.8. The third-order valence-corrected chi connectivity index (χ3v) is 9.64. The molecule has 3 aromatic rings. The minimum Gasteiger partial charge on any atom is -0.463 e. The number of halogens is 2. The van der Waals surface area contributed by atoms with Crippen LogP contribution in [0.25, 0.3) is 16.5 Å². The summed E-state index contributed by atoms with van der Waals surface area (Å²) in [7, 11) is 0. The van der Waals surface area contributed by atoms with Crippen LogP contribution in [0, 0.1) is 24.0 Å². The van der Waals surface area contributed by atoms with Gasteiger partial charge in [0.25, 0.3) is 0 Å². The zero-order valence-corrected chi connectivity index (χ0v) is 25.6. The summed E-state index contributed by atoms with van der Waals surface area (Å²) in [6, 6.07) is 10.2. The van der Waals surface area contributed by atoms with Crippen molar-refractivity contribution in [3.63, 3.8) is 0 Å². The van der Waals surface area contributed by atoms with Crippen LogP contribution < -0.4 is 15.0 Å². The highest BCUT2D eigenvalue weighted by Crippen LogP contribution is 2.38. The molecular weight excluding hydrogens is 572 g/mol. The Morgan fingerprint density at radius 2 is 1.87 bits per heavy atom. The van der Waals surface area contributed by atoms with Gasteiger partial charge in [-0.05, 0) is 62.3 Å². The Bertz CT molecular complexity index is 1660. The molecular formula is C36H39F2N5O2. The van der Waals surface area contributed by atoms with E-state index in [1.165, 1.54) is 18.9 Å². The Balaban J connectivity index is 1.26. The average Bonchev–Trinajstić information content (AvgIpc) is 3.50. The van der Waals surface area contributed by atoms with Gasteiger partial charge in [-0.2, -0.15) is 9.97 Å². The second-order valence-corrected chi connectivity index (χ2v) is 12.5. The quantitative estimate of drug-likeness (QED) is 0.196. The van der Waals surface area contributed by atoms with E-state index < -0.39 is 11.6 Å². The molecule has 0 saturated carbocycles. The van der Waals surface area contributed by atoms with Crippen LogP contribution in [-0.4, -0.2) is 78.5 Å². The minimum absolute atomic E-state index is 0.0353. The number of anilines is 1. The summed E-state index contributed by atoms with van der Waals surface area (Å²) in [6.07, 6.45) is 16.3. The first kappa shape index (κ1) is 29.8. The van der Waals surface area contributed by atoms with Gasteiger partial charge in [0.2, 0.25) is 0 Å². The molecule has 4 fully saturated rings. The van der Waals surface area contributed by atoms with Crippen molar-refractivity contribution in [2.75, 3.05) is 44.4 Å². The molecule has 0 aliphatic carbocycles. The summed E-state index contributed by atoms with van der Waals surface area (Å²) in [5.74, 6) is 1.71. The van der Waals surface area contributed by atoms with Crippen LogP contribution in [-0.2, 0) is 4.74 Å². The predicted octanol–water partition coefficient (Wildman–Crippen LogP) is 5.47. The molecule has 4 aliphatic heterocycles. The van der Waals surface area contributed by atoms with Gasteiger partial charge in [0.1, 0.15) is 17.2 Å². The smallest absolute Gasteiger partial charge is 0.319 e. The van der Waals surface area contributed by atoms with Crippen LogP contribution in [0.3, 0.4) is 0 Å². The molecule has 4 atom stereocenters. The molecule has 234 valence electrons. The van der Waals surface area contributed by atoms with Crippen molar-refractivity contribution in [2.45, 2.75) is 63.2 Å². The van der Waals surface area contributed by atoms with Crippen molar-refractivity contribution in [2.24, 2.45) is 0 Å². The number of rotatable bonds is 9.